The summed E-state index contributed by atoms with van der Waals surface area (Å²) in [4.78, 5) is 4.29. The maximum atomic E-state index is 9.02. The highest BCUT2D eigenvalue weighted by Crippen LogP contribution is 2.30. The molecule has 2 rings (SSSR count). The van der Waals surface area contributed by atoms with Crippen LogP contribution in [0.4, 0.5) is 5.69 Å². The highest BCUT2D eigenvalue weighted by molar-refractivity contribution is 5.96. The molecule has 2 aromatic rings. The largest absolute Gasteiger partial charge is 0.492 e. The molecule has 1 heterocycles. The maximum absolute atomic E-state index is 9.02. The van der Waals surface area contributed by atoms with Gasteiger partial charge in [0.05, 0.1) is 17.9 Å². The van der Waals surface area contributed by atoms with Crippen LogP contribution >= 0.6 is 0 Å². The number of hydrogen-bond acceptors (Lipinski definition) is 4. The van der Waals surface area contributed by atoms with Gasteiger partial charge in [0.15, 0.2) is 0 Å². The lowest BCUT2D eigenvalue weighted by atomic mass is 10.1. The number of fused-ring (bicyclic) bond motifs is 1. The van der Waals surface area contributed by atoms with E-state index < -0.39 is 0 Å². The quantitative estimate of drug-likeness (QED) is 0.875. The average molecular weight is 227 g/mol. The van der Waals surface area contributed by atoms with Crippen molar-refractivity contribution in [2.75, 3.05) is 19.0 Å². The van der Waals surface area contributed by atoms with Gasteiger partial charge >= 0.3 is 0 Å². The van der Waals surface area contributed by atoms with Crippen LogP contribution in [0.5, 0.6) is 5.75 Å². The molecular formula is C13H13N3O. The van der Waals surface area contributed by atoms with Crippen LogP contribution in [0.3, 0.4) is 0 Å². The van der Waals surface area contributed by atoms with E-state index in [0.717, 1.165) is 22.3 Å². The van der Waals surface area contributed by atoms with E-state index in [4.69, 9.17) is 10.00 Å². The fourth-order valence-corrected chi connectivity index (χ4v) is 1.82. The average Bonchev–Trinajstić information content (AvgIpc) is 2.38. The van der Waals surface area contributed by atoms with Crippen molar-refractivity contribution < 1.29 is 4.74 Å². The Hall–Kier alpha value is -2.28. The number of nitriles is 1. The molecule has 0 atom stereocenters. The molecule has 0 saturated carbocycles. The van der Waals surface area contributed by atoms with Gasteiger partial charge in [-0.25, -0.2) is 0 Å². The van der Waals surface area contributed by atoms with E-state index in [-0.39, 0.29) is 0 Å². The van der Waals surface area contributed by atoms with Gasteiger partial charge in [0.1, 0.15) is 17.3 Å². The summed E-state index contributed by atoms with van der Waals surface area (Å²) >= 11 is 0. The minimum absolute atomic E-state index is 0.536. The van der Waals surface area contributed by atoms with Gasteiger partial charge in [-0.15, -0.1) is 0 Å². The minimum atomic E-state index is 0.536. The third-order valence-electron chi connectivity index (χ3n) is 2.53. The number of benzene rings is 1. The van der Waals surface area contributed by atoms with Crippen molar-refractivity contribution in [3.8, 4) is 11.8 Å². The van der Waals surface area contributed by atoms with Gasteiger partial charge in [0.25, 0.3) is 0 Å². The second-order valence-electron chi connectivity index (χ2n) is 3.49. The molecule has 0 aliphatic carbocycles. The first-order valence-corrected chi connectivity index (χ1v) is 5.44. The first-order chi connectivity index (χ1) is 8.31. The zero-order valence-corrected chi connectivity index (χ0v) is 9.82. The Kier molecular flexibility index (Phi) is 3.10. The molecule has 86 valence electrons. The van der Waals surface area contributed by atoms with Gasteiger partial charge in [-0.2, -0.15) is 5.26 Å². The number of anilines is 1. The summed E-state index contributed by atoms with van der Waals surface area (Å²) in [5, 5.41) is 13.0. The number of aromatic nitrogens is 1. The summed E-state index contributed by atoms with van der Waals surface area (Å²) in [5.41, 5.74) is 2.10. The molecule has 1 aromatic heterocycles. The first-order valence-electron chi connectivity index (χ1n) is 5.44. The Bertz CT molecular complexity index is 587. The number of pyridine rings is 1. The summed E-state index contributed by atoms with van der Waals surface area (Å²) in [6.07, 6.45) is 1.57. The lowest BCUT2D eigenvalue weighted by molar-refractivity contribution is 0.343. The molecule has 0 spiro atoms. The second kappa shape index (κ2) is 4.71. The van der Waals surface area contributed by atoms with Crippen LogP contribution in [-0.2, 0) is 0 Å². The van der Waals surface area contributed by atoms with Crippen molar-refractivity contribution in [2.45, 2.75) is 6.92 Å². The summed E-state index contributed by atoms with van der Waals surface area (Å²) < 4.78 is 5.52. The third kappa shape index (κ3) is 1.87. The van der Waals surface area contributed by atoms with Crippen LogP contribution in [-0.4, -0.2) is 18.6 Å². The minimum Gasteiger partial charge on any atom is -0.492 e. The number of nitrogens with zero attached hydrogens (tertiary/aromatic N) is 2. The van der Waals surface area contributed by atoms with E-state index in [1.165, 1.54) is 0 Å². The highest BCUT2D eigenvalue weighted by atomic mass is 16.5. The van der Waals surface area contributed by atoms with E-state index in [1.807, 2.05) is 25.1 Å². The molecule has 1 aromatic carbocycles. The number of para-hydroxylation sites is 1. The first kappa shape index (κ1) is 11.2. The van der Waals surface area contributed by atoms with Crippen molar-refractivity contribution in [1.82, 2.24) is 4.98 Å². The van der Waals surface area contributed by atoms with Crippen LogP contribution < -0.4 is 10.1 Å². The molecule has 0 amide bonds. The monoisotopic (exact) mass is 227 g/mol. The molecule has 0 aliphatic rings. The Morgan fingerprint density at radius 2 is 2.29 bits per heavy atom. The van der Waals surface area contributed by atoms with Crippen LogP contribution in [0.2, 0.25) is 0 Å². The van der Waals surface area contributed by atoms with Crippen molar-refractivity contribution >= 4 is 16.6 Å². The SMILES string of the molecule is CCOc1cccc2c(NC)c(C#N)cnc12. The predicted molar refractivity (Wildman–Crippen MR) is 67.2 cm³/mol. The number of nitrogens with one attached hydrogen (secondary N) is 1. The molecular weight excluding hydrogens is 214 g/mol. The van der Waals surface area contributed by atoms with Crippen LogP contribution in [0.25, 0.3) is 10.9 Å². The molecule has 4 nitrogen and oxygen atoms in total. The maximum Gasteiger partial charge on any atom is 0.145 e. The van der Waals surface area contributed by atoms with Gasteiger partial charge < -0.3 is 10.1 Å². The molecule has 0 unspecified atom stereocenters. The molecule has 0 aliphatic heterocycles. The van der Waals surface area contributed by atoms with E-state index in [2.05, 4.69) is 16.4 Å². The number of rotatable bonds is 3. The van der Waals surface area contributed by atoms with Gasteiger partial charge in [-0.05, 0) is 13.0 Å². The summed E-state index contributed by atoms with van der Waals surface area (Å²) in [6.45, 7) is 2.52. The Morgan fingerprint density at radius 3 is 2.94 bits per heavy atom. The molecule has 0 radical (unpaired) electrons. The fourth-order valence-electron chi connectivity index (χ4n) is 1.82. The summed E-state index contributed by atoms with van der Waals surface area (Å²) in [6, 6.07) is 7.83. The molecule has 0 saturated heterocycles. The van der Waals surface area contributed by atoms with Gasteiger partial charge in [0, 0.05) is 18.6 Å². The fraction of sp³-hybridized carbons (Fsp3) is 0.231. The smallest absolute Gasteiger partial charge is 0.145 e. The van der Waals surface area contributed by atoms with Gasteiger partial charge in [-0.3, -0.25) is 4.98 Å². The van der Waals surface area contributed by atoms with E-state index in [1.54, 1.807) is 13.2 Å². The topological polar surface area (TPSA) is 57.9 Å². The van der Waals surface area contributed by atoms with Crippen LogP contribution in [0.15, 0.2) is 24.4 Å². The predicted octanol–water partition coefficient (Wildman–Crippen LogP) is 2.55. The molecule has 17 heavy (non-hydrogen) atoms. The van der Waals surface area contributed by atoms with E-state index in [9.17, 15) is 0 Å². The third-order valence-corrected chi connectivity index (χ3v) is 2.53. The van der Waals surface area contributed by atoms with Crippen LogP contribution in [0, 0.1) is 11.3 Å². The lowest BCUT2D eigenvalue weighted by Crippen LogP contribution is -1.98. The standard InChI is InChI=1S/C13H13N3O/c1-3-17-11-6-4-5-10-12(15-2)9(7-14)8-16-13(10)11/h4-6,8H,3H2,1-2H3,(H,15,16). The van der Waals surface area contributed by atoms with Crippen molar-refractivity contribution in [3.63, 3.8) is 0 Å². The van der Waals surface area contributed by atoms with Gasteiger partial charge in [-0.1, -0.05) is 12.1 Å². The Balaban J connectivity index is 2.74. The number of hydrogen-bond donors (Lipinski definition) is 1. The second-order valence-corrected chi connectivity index (χ2v) is 3.49. The zero-order valence-electron chi connectivity index (χ0n) is 9.82. The van der Waals surface area contributed by atoms with E-state index in [0.29, 0.717) is 12.2 Å². The highest BCUT2D eigenvalue weighted by Gasteiger charge is 2.10. The lowest BCUT2D eigenvalue weighted by Gasteiger charge is -2.10. The summed E-state index contributed by atoms with van der Waals surface area (Å²) in [5.74, 6) is 0.742. The molecule has 4 heteroatoms. The van der Waals surface area contributed by atoms with Crippen molar-refractivity contribution in [2.24, 2.45) is 0 Å². The van der Waals surface area contributed by atoms with Crippen molar-refractivity contribution in [1.29, 1.82) is 5.26 Å². The Morgan fingerprint density at radius 1 is 1.47 bits per heavy atom. The van der Waals surface area contributed by atoms with Crippen LogP contribution in [0.1, 0.15) is 12.5 Å². The number of ether oxygens (including phenoxy) is 1. The zero-order chi connectivity index (χ0) is 12.3. The van der Waals surface area contributed by atoms with E-state index >= 15 is 0 Å². The molecule has 0 fully saturated rings. The summed E-state index contributed by atoms with van der Waals surface area (Å²) in [7, 11) is 1.79. The molecule has 1 N–H and O–H groups in total. The Labute approximate surface area is 99.8 Å². The van der Waals surface area contributed by atoms with Crippen molar-refractivity contribution in [3.05, 3.63) is 30.0 Å². The normalized spacial score (nSPS) is 9.94. The van der Waals surface area contributed by atoms with Gasteiger partial charge in [0.2, 0.25) is 0 Å². The molecule has 0 bridgehead atoms.